The van der Waals surface area contributed by atoms with Gasteiger partial charge in [-0.3, -0.25) is 4.79 Å². The fourth-order valence-electron chi connectivity index (χ4n) is 2.29. The van der Waals surface area contributed by atoms with Crippen molar-refractivity contribution in [1.82, 2.24) is 0 Å². The number of anilines is 2. The van der Waals surface area contributed by atoms with Crippen LogP contribution in [0.25, 0.3) is 0 Å². The van der Waals surface area contributed by atoms with Crippen molar-refractivity contribution in [2.75, 3.05) is 30.4 Å². The molecule has 0 aliphatic rings. The van der Waals surface area contributed by atoms with Crippen molar-refractivity contribution in [2.24, 2.45) is 0 Å². The maximum Gasteiger partial charge on any atom is 0.243 e. The van der Waals surface area contributed by atoms with Crippen LogP contribution in [-0.4, -0.2) is 25.7 Å². The number of carbonyl (C=O) groups is 1. The van der Waals surface area contributed by atoms with Gasteiger partial charge in [0.2, 0.25) is 5.91 Å². The van der Waals surface area contributed by atoms with Crippen molar-refractivity contribution in [3.8, 4) is 11.5 Å². The Kier molecular flexibility index (Phi) is 8.23. The van der Waals surface area contributed by atoms with E-state index in [2.05, 4.69) is 24.1 Å². The minimum atomic E-state index is -0.135. The van der Waals surface area contributed by atoms with E-state index in [1.54, 1.807) is 6.07 Å². The minimum absolute atomic E-state index is 0.135. The van der Waals surface area contributed by atoms with E-state index in [-0.39, 0.29) is 12.5 Å². The first-order valence-electron chi connectivity index (χ1n) is 9.20. The molecular formula is C22H28N2O3. The molecule has 0 aliphatic carbocycles. The average Bonchev–Trinajstić information content (AvgIpc) is 2.66. The van der Waals surface area contributed by atoms with E-state index in [1.165, 1.54) is 0 Å². The molecule has 2 aromatic rings. The van der Waals surface area contributed by atoms with Gasteiger partial charge in [-0.25, -0.2) is 0 Å². The predicted molar refractivity (Wildman–Crippen MR) is 111 cm³/mol. The van der Waals surface area contributed by atoms with E-state index in [9.17, 15) is 4.79 Å². The summed E-state index contributed by atoms with van der Waals surface area (Å²) >= 11 is 0. The fourth-order valence-corrected chi connectivity index (χ4v) is 2.29. The van der Waals surface area contributed by atoms with E-state index in [0.29, 0.717) is 24.7 Å². The summed E-state index contributed by atoms with van der Waals surface area (Å²) < 4.78 is 11.3. The molecule has 0 bridgehead atoms. The molecule has 144 valence electrons. The first-order valence-corrected chi connectivity index (χ1v) is 9.20. The molecule has 0 saturated carbocycles. The molecule has 0 aliphatic heterocycles. The Balaban J connectivity index is 1.83. The normalized spacial score (nSPS) is 10.1. The SMILES string of the molecule is C=C(C)COc1cccc(NC(=O)CNc2cccc(OCCCC)c2)c1. The number of ether oxygens (including phenoxy) is 2. The van der Waals surface area contributed by atoms with Gasteiger partial charge in [-0.1, -0.05) is 32.1 Å². The molecule has 0 unspecified atom stereocenters. The molecule has 5 nitrogen and oxygen atoms in total. The van der Waals surface area contributed by atoms with Gasteiger partial charge in [0, 0.05) is 23.5 Å². The molecule has 0 heterocycles. The van der Waals surface area contributed by atoms with Crippen LogP contribution in [0, 0.1) is 0 Å². The highest BCUT2D eigenvalue weighted by molar-refractivity contribution is 5.93. The highest BCUT2D eigenvalue weighted by atomic mass is 16.5. The van der Waals surface area contributed by atoms with Crippen LogP contribution >= 0.6 is 0 Å². The van der Waals surface area contributed by atoms with Gasteiger partial charge in [-0.05, 0) is 43.2 Å². The van der Waals surface area contributed by atoms with Crippen LogP contribution in [0.5, 0.6) is 11.5 Å². The van der Waals surface area contributed by atoms with Gasteiger partial charge >= 0.3 is 0 Å². The third-order valence-corrected chi connectivity index (χ3v) is 3.66. The van der Waals surface area contributed by atoms with Crippen LogP contribution in [0.3, 0.4) is 0 Å². The zero-order chi connectivity index (χ0) is 19.5. The summed E-state index contributed by atoms with van der Waals surface area (Å²) in [6, 6.07) is 14.9. The monoisotopic (exact) mass is 368 g/mol. The van der Waals surface area contributed by atoms with Gasteiger partial charge in [0.15, 0.2) is 0 Å². The lowest BCUT2D eigenvalue weighted by molar-refractivity contribution is -0.114. The Bertz CT molecular complexity index is 759. The number of unbranched alkanes of at least 4 members (excludes halogenated alkanes) is 1. The number of benzene rings is 2. The molecule has 2 N–H and O–H groups in total. The van der Waals surface area contributed by atoms with Gasteiger partial charge in [0.25, 0.3) is 0 Å². The Morgan fingerprint density at radius 1 is 1.04 bits per heavy atom. The van der Waals surface area contributed by atoms with Crippen LogP contribution in [-0.2, 0) is 4.79 Å². The molecular weight excluding hydrogens is 340 g/mol. The number of hydrogen-bond donors (Lipinski definition) is 2. The molecule has 0 atom stereocenters. The second-order valence-electron chi connectivity index (χ2n) is 6.41. The van der Waals surface area contributed by atoms with Crippen molar-refractivity contribution in [3.05, 3.63) is 60.7 Å². The summed E-state index contributed by atoms with van der Waals surface area (Å²) in [5.41, 5.74) is 2.48. The van der Waals surface area contributed by atoms with Gasteiger partial charge in [0.05, 0.1) is 13.2 Å². The first kappa shape index (κ1) is 20.4. The van der Waals surface area contributed by atoms with E-state index >= 15 is 0 Å². The molecule has 27 heavy (non-hydrogen) atoms. The standard InChI is InChI=1S/C22H28N2O3/c1-4-5-12-26-20-10-6-8-18(13-20)23-15-22(25)24-19-9-7-11-21(14-19)27-16-17(2)3/h6-11,13-14,23H,2,4-5,12,15-16H2,1,3H3,(H,24,25). The number of hydrogen-bond acceptors (Lipinski definition) is 4. The number of nitrogens with one attached hydrogen (secondary N) is 2. The second-order valence-corrected chi connectivity index (χ2v) is 6.41. The maximum atomic E-state index is 12.2. The molecule has 0 saturated heterocycles. The summed E-state index contributed by atoms with van der Waals surface area (Å²) in [6.07, 6.45) is 2.12. The van der Waals surface area contributed by atoms with Crippen LogP contribution in [0.15, 0.2) is 60.7 Å². The number of amides is 1. The van der Waals surface area contributed by atoms with E-state index in [4.69, 9.17) is 9.47 Å². The molecule has 2 rings (SSSR count). The minimum Gasteiger partial charge on any atom is -0.494 e. The fraction of sp³-hybridized carbons (Fsp3) is 0.318. The van der Waals surface area contributed by atoms with Gasteiger partial charge in [0.1, 0.15) is 18.1 Å². The average molecular weight is 368 g/mol. The van der Waals surface area contributed by atoms with Crippen molar-refractivity contribution in [2.45, 2.75) is 26.7 Å². The topological polar surface area (TPSA) is 59.6 Å². The molecule has 0 spiro atoms. The van der Waals surface area contributed by atoms with Crippen LogP contribution < -0.4 is 20.1 Å². The van der Waals surface area contributed by atoms with Gasteiger partial charge in [-0.15, -0.1) is 0 Å². The summed E-state index contributed by atoms with van der Waals surface area (Å²) in [5.74, 6) is 1.36. The maximum absolute atomic E-state index is 12.2. The van der Waals surface area contributed by atoms with Crippen LogP contribution in [0.2, 0.25) is 0 Å². The summed E-state index contributed by atoms with van der Waals surface area (Å²) in [4.78, 5) is 12.2. The van der Waals surface area contributed by atoms with E-state index < -0.39 is 0 Å². The number of rotatable bonds is 11. The Morgan fingerprint density at radius 3 is 2.41 bits per heavy atom. The summed E-state index contributed by atoms with van der Waals surface area (Å²) in [6.45, 7) is 9.15. The number of carbonyl (C=O) groups excluding carboxylic acids is 1. The lowest BCUT2D eigenvalue weighted by atomic mass is 10.3. The Hall–Kier alpha value is -2.95. The molecule has 2 aromatic carbocycles. The van der Waals surface area contributed by atoms with Crippen LogP contribution in [0.1, 0.15) is 26.7 Å². The summed E-state index contributed by atoms with van der Waals surface area (Å²) in [7, 11) is 0. The molecule has 5 heteroatoms. The third kappa shape index (κ3) is 7.86. The first-order chi connectivity index (χ1) is 13.1. The van der Waals surface area contributed by atoms with Crippen molar-refractivity contribution in [1.29, 1.82) is 0 Å². The van der Waals surface area contributed by atoms with Crippen LogP contribution in [0.4, 0.5) is 11.4 Å². The van der Waals surface area contributed by atoms with Crippen molar-refractivity contribution in [3.63, 3.8) is 0 Å². The molecule has 0 radical (unpaired) electrons. The third-order valence-electron chi connectivity index (χ3n) is 3.66. The smallest absolute Gasteiger partial charge is 0.243 e. The summed E-state index contributed by atoms with van der Waals surface area (Å²) in [5, 5.41) is 5.98. The molecule has 1 amide bonds. The quantitative estimate of drug-likeness (QED) is 0.439. The van der Waals surface area contributed by atoms with E-state index in [1.807, 2.05) is 49.4 Å². The Morgan fingerprint density at radius 2 is 1.70 bits per heavy atom. The van der Waals surface area contributed by atoms with Crippen molar-refractivity contribution < 1.29 is 14.3 Å². The second kappa shape index (κ2) is 10.9. The molecule has 0 fully saturated rings. The lowest BCUT2D eigenvalue weighted by Crippen LogP contribution is -2.21. The highest BCUT2D eigenvalue weighted by Gasteiger charge is 2.05. The lowest BCUT2D eigenvalue weighted by Gasteiger charge is -2.11. The predicted octanol–water partition coefficient (Wildman–Crippen LogP) is 4.87. The van der Waals surface area contributed by atoms with Gasteiger partial charge in [-0.2, -0.15) is 0 Å². The van der Waals surface area contributed by atoms with Gasteiger partial charge < -0.3 is 20.1 Å². The molecule has 0 aromatic heterocycles. The Labute approximate surface area is 161 Å². The van der Waals surface area contributed by atoms with E-state index in [0.717, 1.165) is 29.9 Å². The zero-order valence-electron chi connectivity index (χ0n) is 16.1. The van der Waals surface area contributed by atoms with Crippen molar-refractivity contribution >= 4 is 17.3 Å². The highest BCUT2D eigenvalue weighted by Crippen LogP contribution is 2.19. The zero-order valence-corrected chi connectivity index (χ0v) is 16.1. The largest absolute Gasteiger partial charge is 0.494 e.